The van der Waals surface area contributed by atoms with E-state index in [2.05, 4.69) is 23.3 Å². The van der Waals surface area contributed by atoms with E-state index in [9.17, 15) is 9.59 Å². The van der Waals surface area contributed by atoms with E-state index in [1.54, 1.807) is 23.1 Å². The summed E-state index contributed by atoms with van der Waals surface area (Å²) in [6.07, 6.45) is 15.4. The lowest BCUT2D eigenvalue weighted by Crippen LogP contribution is -2.44. The Kier molecular flexibility index (Phi) is 5.87. The largest absolute Gasteiger partial charge is 0.340 e. The van der Waals surface area contributed by atoms with Crippen LogP contribution < -0.4 is 4.90 Å². The van der Waals surface area contributed by atoms with E-state index in [0.29, 0.717) is 24.1 Å². The van der Waals surface area contributed by atoms with E-state index < -0.39 is 6.03 Å². The standard InChI is InChI=1S/C32H25N3O2/c36-31(29-19-9-8-18-28(29)24-12-3-1-4-13-24)35(26-15-5-2-6-16-26)32(37)34-23-27-17-11-21-33(27)22-25-14-7-10-20-30(25)34/h1-13,15-16,18-23H,14,17H2. The quantitative estimate of drug-likeness (QED) is 0.395. The molecule has 2 heterocycles. The number of benzene rings is 3. The van der Waals surface area contributed by atoms with Crippen LogP contribution in [0.5, 0.6) is 0 Å². The molecule has 0 saturated heterocycles. The number of anilines is 1. The van der Waals surface area contributed by atoms with Crippen LogP contribution in [0.4, 0.5) is 10.5 Å². The molecule has 3 aliphatic rings. The Hall–Kier alpha value is -4.90. The van der Waals surface area contributed by atoms with Crippen molar-refractivity contribution in [3.05, 3.63) is 150 Å². The first kappa shape index (κ1) is 22.6. The van der Waals surface area contributed by atoms with Crippen LogP contribution in [0.15, 0.2) is 145 Å². The van der Waals surface area contributed by atoms with Crippen LogP contribution in [0, 0.1) is 0 Å². The molecule has 0 radical (unpaired) electrons. The number of amides is 3. The van der Waals surface area contributed by atoms with Gasteiger partial charge in [0.25, 0.3) is 5.91 Å². The average Bonchev–Trinajstić information content (AvgIpc) is 3.33. The van der Waals surface area contributed by atoms with Gasteiger partial charge in [-0.1, -0.05) is 85.0 Å². The Morgan fingerprint density at radius 3 is 2.30 bits per heavy atom. The fraction of sp³-hybridized carbons (Fsp3) is 0.0625. The second-order valence-electron chi connectivity index (χ2n) is 9.00. The molecule has 0 fully saturated rings. The summed E-state index contributed by atoms with van der Waals surface area (Å²) in [5.74, 6) is -0.378. The summed E-state index contributed by atoms with van der Waals surface area (Å²) in [6.45, 7) is 0. The van der Waals surface area contributed by atoms with Crippen molar-refractivity contribution in [1.82, 2.24) is 9.80 Å². The van der Waals surface area contributed by atoms with Crippen LogP contribution in [-0.4, -0.2) is 21.7 Å². The minimum Gasteiger partial charge on any atom is -0.326 e. The predicted molar refractivity (Wildman–Crippen MR) is 146 cm³/mol. The van der Waals surface area contributed by atoms with Crippen LogP contribution in [0.25, 0.3) is 11.1 Å². The van der Waals surface area contributed by atoms with E-state index in [1.165, 1.54) is 4.90 Å². The molecule has 5 heteroatoms. The first-order valence-electron chi connectivity index (χ1n) is 12.3. The van der Waals surface area contributed by atoms with Crippen LogP contribution in [-0.2, 0) is 0 Å². The number of rotatable bonds is 3. The van der Waals surface area contributed by atoms with Gasteiger partial charge >= 0.3 is 6.03 Å². The topological polar surface area (TPSA) is 43.9 Å². The molecule has 0 spiro atoms. The lowest BCUT2D eigenvalue weighted by atomic mass is 9.98. The van der Waals surface area contributed by atoms with Gasteiger partial charge in [-0.25, -0.2) is 9.69 Å². The number of carbonyl (C=O) groups excluding carboxylic acids is 2. The fourth-order valence-electron chi connectivity index (χ4n) is 4.86. The minimum atomic E-state index is -0.423. The number of fused-ring (bicyclic) bond motifs is 2. The molecule has 0 atom stereocenters. The van der Waals surface area contributed by atoms with Crippen molar-refractivity contribution in [2.75, 3.05) is 4.90 Å². The van der Waals surface area contributed by atoms with Crippen molar-refractivity contribution in [3.63, 3.8) is 0 Å². The van der Waals surface area contributed by atoms with E-state index in [0.717, 1.165) is 28.1 Å². The van der Waals surface area contributed by atoms with Gasteiger partial charge in [0.2, 0.25) is 0 Å². The number of hydrogen-bond acceptors (Lipinski definition) is 3. The van der Waals surface area contributed by atoms with Gasteiger partial charge in [-0.2, -0.15) is 0 Å². The molecule has 0 aromatic heterocycles. The second-order valence-corrected chi connectivity index (χ2v) is 9.00. The first-order chi connectivity index (χ1) is 18.2. The molecule has 180 valence electrons. The third-order valence-corrected chi connectivity index (χ3v) is 6.67. The highest BCUT2D eigenvalue weighted by molar-refractivity contribution is 6.23. The van der Waals surface area contributed by atoms with E-state index in [1.807, 2.05) is 91.3 Å². The van der Waals surface area contributed by atoms with Crippen molar-refractivity contribution < 1.29 is 9.59 Å². The molecule has 2 aliphatic heterocycles. The Balaban J connectivity index is 1.47. The van der Waals surface area contributed by atoms with Crippen molar-refractivity contribution in [1.29, 1.82) is 0 Å². The Morgan fingerprint density at radius 2 is 1.49 bits per heavy atom. The molecule has 0 saturated carbocycles. The van der Waals surface area contributed by atoms with Crippen molar-refractivity contribution in [2.24, 2.45) is 0 Å². The molecule has 3 aromatic rings. The van der Waals surface area contributed by atoms with Gasteiger partial charge in [0.05, 0.1) is 11.4 Å². The number of nitrogens with zero attached hydrogens (tertiary/aromatic N) is 3. The zero-order valence-corrected chi connectivity index (χ0v) is 20.2. The maximum absolute atomic E-state index is 14.4. The summed E-state index contributed by atoms with van der Waals surface area (Å²) in [7, 11) is 0. The molecule has 3 aromatic carbocycles. The Morgan fingerprint density at radius 1 is 0.757 bits per heavy atom. The van der Waals surface area contributed by atoms with Crippen LogP contribution in [0.3, 0.4) is 0 Å². The first-order valence-corrected chi connectivity index (χ1v) is 12.3. The normalized spacial score (nSPS) is 15.7. The predicted octanol–water partition coefficient (Wildman–Crippen LogP) is 7.22. The van der Waals surface area contributed by atoms with E-state index >= 15 is 0 Å². The molecular formula is C32H25N3O2. The number of para-hydroxylation sites is 1. The summed E-state index contributed by atoms with van der Waals surface area (Å²) >= 11 is 0. The maximum Gasteiger partial charge on any atom is 0.340 e. The SMILES string of the molecule is O=C(c1ccccc1-c1ccccc1)N(C(=O)N1C=C2CC=CN2C=C2CC=CC=C21)c1ccccc1. The monoisotopic (exact) mass is 483 g/mol. The van der Waals surface area contributed by atoms with Crippen molar-refractivity contribution >= 4 is 17.6 Å². The molecule has 6 rings (SSSR count). The highest BCUT2D eigenvalue weighted by atomic mass is 16.2. The van der Waals surface area contributed by atoms with Gasteiger partial charge in [0.1, 0.15) is 0 Å². The number of imide groups is 1. The Labute approximate surface area is 216 Å². The van der Waals surface area contributed by atoms with E-state index in [4.69, 9.17) is 0 Å². The molecule has 1 aliphatic carbocycles. The van der Waals surface area contributed by atoms with Crippen molar-refractivity contribution in [3.8, 4) is 11.1 Å². The molecule has 5 nitrogen and oxygen atoms in total. The zero-order chi connectivity index (χ0) is 25.2. The number of allylic oxidation sites excluding steroid dienone is 5. The number of hydrogen-bond donors (Lipinski definition) is 0. The third kappa shape index (κ3) is 4.21. The third-order valence-electron chi connectivity index (χ3n) is 6.67. The summed E-state index contributed by atoms with van der Waals surface area (Å²) < 4.78 is 0. The summed E-state index contributed by atoms with van der Waals surface area (Å²) in [4.78, 5) is 33.7. The molecule has 37 heavy (non-hydrogen) atoms. The lowest BCUT2D eigenvalue weighted by Gasteiger charge is -2.30. The van der Waals surface area contributed by atoms with Gasteiger partial charge in [-0.3, -0.25) is 9.69 Å². The van der Waals surface area contributed by atoms with Gasteiger partial charge < -0.3 is 4.90 Å². The van der Waals surface area contributed by atoms with Gasteiger partial charge in [0, 0.05) is 36.3 Å². The van der Waals surface area contributed by atoms with Crippen LogP contribution in [0.2, 0.25) is 0 Å². The molecule has 0 unspecified atom stereocenters. The number of carbonyl (C=O) groups is 2. The summed E-state index contributed by atoms with van der Waals surface area (Å²) in [5, 5.41) is 0. The molecule has 0 N–H and O–H groups in total. The van der Waals surface area contributed by atoms with Gasteiger partial charge in [-0.15, -0.1) is 0 Å². The summed E-state index contributed by atoms with van der Waals surface area (Å²) in [6, 6.07) is 25.9. The highest BCUT2D eigenvalue weighted by Gasteiger charge is 2.34. The summed E-state index contributed by atoms with van der Waals surface area (Å²) in [5.41, 5.74) is 5.44. The van der Waals surface area contributed by atoms with E-state index in [-0.39, 0.29) is 5.91 Å². The average molecular weight is 484 g/mol. The van der Waals surface area contributed by atoms with Gasteiger partial charge in [-0.05, 0) is 47.4 Å². The molecule has 0 bridgehead atoms. The van der Waals surface area contributed by atoms with Gasteiger partial charge in [0.15, 0.2) is 0 Å². The molecule has 3 amide bonds. The Bertz CT molecular complexity index is 1510. The fourth-order valence-corrected chi connectivity index (χ4v) is 4.86. The molecular weight excluding hydrogens is 458 g/mol. The maximum atomic E-state index is 14.4. The smallest absolute Gasteiger partial charge is 0.326 e. The number of urea groups is 1. The zero-order valence-electron chi connectivity index (χ0n) is 20.2. The minimum absolute atomic E-state index is 0.378. The second kappa shape index (κ2) is 9.63. The van der Waals surface area contributed by atoms with Crippen LogP contribution >= 0.6 is 0 Å². The highest BCUT2D eigenvalue weighted by Crippen LogP contribution is 2.34. The lowest BCUT2D eigenvalue weighted by molar-refractivity contribution is 0.0991. The van der Waals surface area contributed by atoms with Crippen molar-refractivity contribution in [2.45, 2.75) is 12.8 Å². The van der Waals surface area contributed by atoms with Crippen LogP contribution in [0.1, 0.15) is 23.2 Å².